The second-order valence-corrected chi connectivity index (χ2v) is 6.98. The number of rotatable bonds is 2. The normalized spacial score (nSPS) is 26.4. The molecule has 1 atom stereocenters. The molecule has 0 saturated carbocycles. The lowest BCUT2D eigenvalue weighted by Crippen LogP contribution is -2.19. The summed E-state index contributed by atoms with van der Waals surface area (Å²) in [4.78, 5) is 0. The zero-order valence-corrected chi connectivity index (χ0v) is 12.9. The monoisotopic (exact) mass is 338 g/mol. The Bertz CT molecular complexity index is 470. The van der Waals surface area contributed by atoms with Gasteiger partial charge in [0.05, 0.1) is 0 Å². The van der Waals surface area contributed by atoms with E-state index in [9.17, 15) is 0 Å². The van der Waals surface area contributed by atoms with Crippen LogP contribution >= 0.6 is 22.6 Å². The van der Waals surface area contributed by atoms with Crippen molar-refractivity contribution in [2.45, 2.75) is 27.2 Å². The molecule has 2 aliphatic carbocycles. The van der Waals surface area contributed by atoms with Gasteiger partial charge in [-0.1, -0.05) is 56.4 Å². The highest BCUT2D eigenvalue weighted by molar-refractivity contribution is 14.1. The Morgan fingerprint density at radius 1 is 1.47 bits per heavy atom. The van der Waals surface area contributed by atoms with Crippen molar-refractivity contribution in [2.75, 3.05) is 0 Å². The standard InChI is InChI=1S/C16H19I/c1-11(2)5-6-12-10-16(3,4)15-9-13(17)7-8-14(12)15/h5-8,10,15H,1,9H2,2-4H3/b6-5-. The molecule has 0 spiro atoms. The summed E-state index contributed by atoms with van der Waals surface area (Å²) in [5, 5.41) is 0. The van der Waals surface area contributed by atoms with E-state index in [1.165, 1.54) is 21.1 Å². The molecule has 2 rings (SSSR count). The summed E-state index contributed by atoms with van der Waals surface area (Å²) in [6.07, 6.45) is 12.4. The van der Waals surface area contributed by atoms with Crippen molar-refractivity contribution >= 4 is 22.6 Å². The molecule has 90 valence electrons. The van der Waals surface area contributed by atoms with Crippen LogP contribution in [0.2, 0.25) is 0 Å². The highest BCUT2D eigenvalue weighted by Gasteiger charge is 2.38. The third-order valence-corrected chi connectivity index (χ3v) is 4.32. The average Bonchev–Trinajstić information content (AvgIpc) is 2.48. The van der Waals surface area contributed by atoms with Gasteiger partial charge in [0.15, 0.2) is 0 Å². The number of hydrogen-bond donors (Lipinski definition) is 0. The van der Waals surface area contributed by atoms with Gasteiger partial charge in [-0.25, -0.2) is 0 Å². The quantitative estimate of drug-likeness (QED) is 0.470. The van der Waals surface area contributed by atoms with Crippen molar-refractivity contribution in [3.63, 3.8) is 0 Å². The van der Waals surface area contributed by atoms with Crippen LogP contribution in [0.4, 0.5) is 0 Å². The van der Waals surface area contributed by atoms with Crippen LogP contribution in [-0.4, -0.2) is 0 Å². The van der Waals surface area contributed by atoms with Crippen molar-refractivity contribution in [1.82, 2.24) is 0 Å². The third-order valence-electron chi connectivity index (χ3n) is 3.52. The van der Waals surface area contributed by atoms with E-state index >= 15 is 0 Å². The highest BCUT2D eigenvalue weighted by atomic mass is 127. The number of halogens is 1. The summed E-state index contributed by atoms with van der Waals surface area (Å²) in [5.41, 5.74) is 4.25. The Morgan fingerprint density at radius 3 is 2.82 bits per heavy atom. The topological polar surface area (TPSA) is 0 Å². The molecule has 0 aromatic rings. The van der Waals surface area contributed by atoms with E-state index in [0.717, 1.165) is 5.57 Å². The van der Waals surface area contributed by atoms with Gasteiger partial charge in [0.2, 0.25) is 0 Å². The second-order valence-electron chi connectivity index (χ2n) is 5.59. The van der Waals surface area contributed by atoms with Gasteiger partial charge in [0.1, 0.15) is 0 Å². The first-order chi connectivity index (χ1) is 7.90. The number of fused-ring (bicyclic) bond motifs is 1. The largest absolute Gasteiger partial charge is 0.0961 e. The SMILES string of the molecule is C=C(C)/C=C\C1=CC(C)(C)C2CC(I)=CC=C12. The second kappa shape index (κ2) is 4.60. The van der Waals surface area contributed by atoms with Gasteiger partial charge < -0.3 is 0 Å². The van der Waals surface area contributed by atoms with Crippen LogP contribution < -0.4 is 0 Å². The van der Waals surface area contributed by atoms with E-state index in [1.54, 1.807) is 0 Å². The maximum atomic E-state index is 3.92. The Morgan fingerprint density at radius 2 is 2.18 bits per heavy atom. The molecule has 1 heteroatoms. The molecule has 0 fully saturated rings. The Balaban J connectivity index is 2.37. The minimum absolute atomic E-state index is 0.269. The van der Waals surface area contributed by atoms with E-state index in [-0.39, 0.29) is 5.41 Å². The molecule has 0 aromatic carbocycles. The first-order valence-electron chi connectivity index (χ1n) is 6.03. The van der Waals surface area contributed by atoms with Gasteiger partial charge in [-0.15, -0.1) is 0 Å². The zero-order chi connectivity index (χ0) is 12.6. The summed E-state index contributed by atoms with van der Waals surface area (Å²) in [5.74, 6) is 0.643. The minimum atomic E-state index is 0.269. The van der Waals surface area contributed by atoms with Crippen LogP contribution in [0.3, 0.4) is 0 Å². The summed E-state index contributed by atoms with van der Waals surface area (Å²) in [7, 11) is 0. The number of hydrogen-bond acceptors (Lipinski definition) is 0. The molecule has 2 aliphatic rings. The van der Waals surface area contributed by atoms with E-state index in [2.05, 4.69) is 73.4 Å². The fourth-order valence-corrected chi connectivity index (χ4v) is 3.21. The Kier molecular flexibility index (Phi) is 3.48. The molecule has 0 aromatic heterocycles. The molecule has 0 bridgehead atoms. The average molecular weight is 338 g/mol. The molecule has 0 nitrogen and oxygen atoms in total. The smallest absolute Gasteiger partial charge is 0.00250 e. The first kappa shape index (κ1) is 12.9. The molecule has 0 amide bonds. The molecular formula is C16H19I. The summed E-state index contributed by atoms with van der Waals surface area (Å²) < 4.78 is 1.46. The maximum Gasteiger partial charge on any atom is -0.00250 e. The predicted octanol–water partition coefficient (Wildman–Crippen LogP) is 5.35. The molecule has 1 unspecified atom stereocenters. The Labute approximate surface area is 118 Å². The minimum Gasteiger partial charge on any atom is -0.0961 e. The fourth-order valence-electron chi connectivity index (χ4n) is 2.59. The van der Waals surface area contributed by atoms with Gasteiger partial charge in [-0.3, -0.25) is 0 Å². The molecule has 0 radical (unpaired) electrons. The summed E-state index contributed by atoms with van der Waals surface area (Å²) in [6, 6.07) is 0. The first-order valence-corrected chi connectivity index (χ1v) is 7.11. The highest BCUT2D eigenvalue weighted by Crippen LogP contribution is 2.50. The van der Waals surface area contributed by atoms with E-state index in [0.29, 0.717) is 5.92 Å². The molecule has 0 N–H and O–H groups in total. The van der Waals surface area contributed by atoms with Crippen molar-refractivity contribution < 1.29 is 0 Å². The van der Waals surface area contributed by atoms with E-state index in [4.69, 9.17) is 0 Å². The fraction of sp³-hybridized carbons (Fsp3) is 0.375. The lowest BCUT2D eigenvalue weighted by Gasteiger charge is -2.29. The van der Waals surface area contributed by atoms with Gasteiger partial charge >= 0.3 is 0 Å². The van der Waals surface area contributed by atoms with Crippen molar-refractivity contribution in [2.24, 2.45) is 11.3 Å². The third kappa shape index (κ3) is 2.65. The van der Waals surface area contributed by atoms with Crippen LogP contribution in [0, 0.1) is 11.3 Å². The summed E-state index contributed by atoms with van der Waals surface area (Å²) >= 11 is 2.45. The van der Waals surface area contributed by atoms with Gasteiger partial charge in [-0.05, 0) is 62.0 Å². The predicted molar refractivity (Wildman–Crippen MR) is 84.1 cm³/mol. The number of allylic oxidation sites excluding steroid dienone is 9. The van der Waals surface area contributed by atoms with Crippen LogP contribution in [0.5, 0.6) is 0 Å². The molecule has 0 saturated heterocycles. The molecule has 0 heterocycles. The lowest BCUT2D eigenvalue weighted by atomic mass is 9.76. The lowest BCUT2D eigenvalue weighted by molar-refractivity contribution is 0.349. The van der Waals surface area contributed by atoms with Crippen LogP contribution in [0.15, 0.2) is 57.3 Å². The molecular weight excluding hydrogens is 319 g/mol. The van der Waals surface area contributed by atoms with Gasteiger partial charge in [0, 0.05) is 0 Å². The van der Waals surface area contributed by atoms with Crippen LogP contribution in [0.1, 0.15) is 27.2 Å². The Hall–Kier alpha value is -0.570. The van der Waals surface area contributed by atoms with Crippen LogP contribution in [0.25, 0.3) is 0 Å². The molecule has 17 heavy (non-hydrogen) atoms. The van der Waals surface area contributed by atoms with Crippen molar-refractivity contribution in [3.8, 4) is 0 Å². The zero-order valence-electron chi connectivity index (χ0n) is 10.8. The van der Waals surface area contributed by atoms with Gasteiger partial charge in [0.25, 0.3) is 0 Å². The van der Waals surface area contributed by atoms with E-state index in [1.807, 2.05) is 6.92 Å². The van der Waals surface area contributed by atoms with Crippen molar-refractivity contribution in [1.29, 1.82) is 0 Å². The summed E-state index contributed by atoms with van der Waals surface area (Å²) in [6.45, 7) is 10.6. The van der Waals surface area contributed by atoms with Crippen LogP contribution in [-0.2, 0) is 0 Å². The van der Waals surface area contributed by atoms with E-state index < -0.39 is 0 Å². The molecule has 0 aliphatic heterocycles. The maximum absolute atomic E-state index is 3.92. The van der Waals surface area contributed by atoms with Crippen molar-refractivity contribution in [3.05, 3.63) is 57.3 Å². The van der Waals surface area contributed by atoms with Gasteiger partial charge in [-0.2, -0.15) is 0 Å².